The zero-order chi connectivity index (χ0) is 15.6. The molecule has 2 rings (SSSR count). The maximum Gasteiger partial charge on any atom is 0.330 e. The topological polar surface area (TPSA) is 35.5 Å². The second kappa shape index (κ2) is 8.67. The summed E-state index contributed by atoms with van der Waals surface area (Å²) in [5, 5.41) is 0. The molecule has 2 aromatic rings. The standard InChI is InChI=1S/C19H20O3/c1-21-19(20)13-6-5-8-16-11-7-12-18(14-16)22-15-17-9-3-2-4-10-17/h2-4,6-7,9-14H,5,8,15H2,1H3/b13-6+. The van der Waals surface area contributed by atoms with E-state index in [9.17, 15) is 4.79 Å². The van der Waals surface area contributed by atoms with Gasteiger partial charge in [-0.3, -0.25) is 0 Å². The maximum atomic E-state index is 11.0. The van der Waals surface area contributed by atoms with Crippen LogP contribution in [0.4, 0.5) is 0 Å². The highest BCUT2D eigenvalue weighted by Gasteiger charge is 1.98. The molecule has 3 nitrogen and oxygen atoms in total. The van der Waals surface area contributed by atoms with E-state index in [4.69, 9.17) is 4.74 Å². The number of hydrogen-bond acceptors (Lipinski definition) is 3. The Morgan fingerprint density at radius 2 is 1.82 bits per heavy atom. The summed E-state index contributed by atoms with van der Waals surface area (Å²) >= 11 is 0. The van der Waals surface area contributed by atoms with Crippen LogP contribution in [-0.4, -0.2) is 13.1 Å². The van der Waals surface area contributed by atoms with Gasteiger partial charge in [0.15, 0.2) is 0 Å². The predicted octanol–water partition coefficient (Wildman–Crippen LogP) is 3.93. The van der Waals surface area contributed by atoms with Crippen LogP contribution >= 0.6 is 0 Å². The molecule has 0 radical (unpaired) electrons. The number of methoxy groups -OCH3 is 1. The molecule has 0 saturated carbocycles. The molecule has 0 bridgehead atoms. The Hall–Kier alpha value is -2.55. The summed E-state index contributed by atoms with van der Waals surface area (Å²) in [4.78, 5) is 11.0. The van der Waals surface area contributed by atoms with E-state index in [0.717, 1.165) is 24.2 Å². The minimum Gasteiger partial charge on any atom is -0.489 e. The normalized spacial score (nSPS) is 10.6. The average molecular weight is 296 g/mol. The van der Waals surface area contributed by atoms with Crippen LogP contribution in [-0.2, 0) is 22.6 Å². The van der Waals surface area contributed by atoms with Crippen molar-refractivity contribution in [1.82, 2.24) is 0 Å². The molecule has 0 aliphatic carbocycles. The molecule has 114 valence electrons. The molecule has 0 aliphatic heterocycles. The first-order chi connectivity index (χ1) is 10.8. The molecule has 0 spiro atoms. The molecule has 22 heavy (non-hydrogen) atoms. The molecular formula is C19H20O3. The number of aryl methyl sites for hydroxylation is 1. The van der Waals surface area contributed by atoms with Crippen molar-refractivity contribution in [2.75, 3.05) is 7.11 Å². The minimum atomic E-state index is -0.319. The molecule has 0 unspecified atom stereocenters. The highest BCUT2D eigenvalue weighted by atomic mass is 16.5. The minimum absolute atomic E-state index is 0.319. The van der Waals surface area contributed by atoms with Crippen LogP contribution in [0.1, 0.15) is 17.5 Å². The van der Waals surface area contributed by atoms with Crippen LogP contribution in [0.3, 0.4) is 0 Å². The van der Waals surface area contributed by atoms with E-state index >= 15 is 0 Å². The third-order valence-electron chi connectivity index (χ3n) is 3.20. The number of benzene rings is 2. The third kappa shape index (κ3) is 5.44. The van der Waals surface area contributed by atoms with Gasteiger partial charge >= 0.3 is 5.97 Å². The molecule has 0 atom stereocenters. The monoisotopic (exact) mass is 296 g/mol. The van der Waals surface area contributed by atoms with Gasteiger partial charge in [-0.25, -0.2) is 4.79 Å². The van der Waals surface area contributed by atoms with Crippen molar-refractivity contribution in [2.45, 2.75) is 19.4 Å². The zero-order valence-corrected chi connectivity index (χ0v) is 12.7. The van der Waals surface area contributed by atoms with Crippen LogP contribution in [0, 0.1) is 0 Å². The molecular weight excluding hydrogens is 276 g/mol. The van der Waals surface area contributed by atoms with Crippen LogP contribution in [0.25, 0.3) is 0 Å². The molecule has 0 saturated heterocycles. The van der Waals surface area contributed by atoms with Crippen molar-refractivity contribution in [3.05, 3.63) is 77.9 Å². The molecule has 0 heterocycles. The summed E-state index contributed by atoms with van der Waals surface area (Å²) in [6.45, 7) is 0.562. The van der Waals surface area contributed by atoms with Crippen molar-refractivity contribution in [2.24, 2.45) is 0 Å². The van der Waals surface area contributed by atoms with Gasteiger partial charge in [-0.05, 0) is 36.1 Å². The van der Waals surface area contributed by atoms with E-state index in [0.29, 0.717) is 6.61 Å². The average Bonchev–Trinajstić information content (AvgIpc) is 2.58. The lowest BCUT2D eigenvalue weighted by Crippen LogP contribution is -1.96. The molecule has 0 N–H and O–H groups in total. The van der Waals surface area contributed by atoms with Gasteiger partial charge in [0, 0.05) is 6.08 Å². The summed E-state index contributed by atoms with van der Waals surface area (Å²) in [5.41, 5.74) is 2.33. The summed E-state index contributed by atoms with van der Waals surface area (Å²) < 4.78 is 10.4. The zero-order valence-electron chi connectivity index (χ0n) is 12.7. The first-order valence-electron chi connectivity index (χ1n) is 7.28. The van der Waals surface area contributed by atoms with Crippen LogP contribution < -0.4 is 4.74 Å². The van der Waals surface area contributed by atoms with Crippen molar-refractivity contribution in [1.29, 1.82) is 0 Å². The number of esters is 1. The fraction of sp³-hybridized carbons (Fsp3) is 0.211. The van der Waals surface area contributed by atoms with Crippen molar-refractivity contribution >= 4 is 5.97 Å². The predicted molar refractivity (Wildman–Crippen MR) is 86.7 cm³/mol. The number of carbonyl (C=O) groups is 1. The number of hydrogen-bond donors (Lipinski definition) is 0. The van der Waals surface area contributed by atoms with E-state index in [2.05, 4.69) is 10.8 Å². The van der Waals surface area contributed by atoms with Gasteiger partial charge in [-0.1, -0.05) is 48.5 Å². The van der Waals surface area contributed by atoms with Gasteiger partial charge in [0.25, 0.3) is 0 Å². The summed E-state index contributed by atoms with van der Waals surface area (Å²) in [6, 6.07) is 18.1. The first-order valence-corrected chi connectivity index (χ1v) is 7.28. The lowest BCUT2D eigenvalue weighted by atomic mass is 10.1. The number of rotatable bonds is 7. The number of allylic oxidation sites excluding steroid dienone is 1. The quantitative estimate of drug-likeness (QED) is 0.573. The lowest BCUT2D eigenvalue weighted by Gasteiger charge is -2.07. The largest absolute Gasteiger partial charge is 0.489 e. The molecule has 0 aromatic heterocycles. The van der Waals surface area contributed by atoms with E-state index in [1.165, 1.54) is 18.7 Å². The van der Waals surface area contributed by atoms with E-state index in [1.54, 1.807) is 0 Å². The highest BCUT2D eigenvalue weighted by Crippen LogP contribution is 2.16. The van der Waals surface area contributed by atoms with Gasteiger partial charge < -0.3 is 9.47 Å². The van der Waals surface area contributed by atoms with Crippen molar-refractivity contribution in [3.63, 3.8) is 0 Å². The maximum absolute atomic E-state index is 11.0. The summed E-state index contributed by atoms with van der Waals surface area (Å²) in [5.74, 6) is 0.540. The Labute approximate surface area is 131 Å². The van der Waals surface area contributed by atoms with E-state index in [-0.39, 0.29) is 5.97 Å². The van der Waals surface area contributed by atoms with Gasteiger partial charge in [0.05, 0.1) is 7.11 Å². The van der Waals surface area contributed by atoms with Gasteiger partial charge in [-0.2, -0.15) is 0 Å². The molecule has 3 heteroatoms. The van der Waals surface area contributed by atoms with Gasteiger partial charge in [-0.15, -0.1) is 0 Å². The Morgan fingerprint density at radius 3 is 2.59 bits per heavy atom. The smallest absolute Gasteiger partial charge is 0.330 e. The molecule has 0 amide bonds. The van der Waals surface area contributed by atoms with Crippen LogP contribution in [0.15, 0.2) is 66.7 Å². The number of carbonyl (C=O) groups excluding carboxylic acids is 1. The fourth-order valence-corrected chi connectivity index (χ4v) is 2.03. The van der Waals surface area contributed by atoms with Crippen molar-refractivity contribution < 1.29 is 14.3 Å². The lowest BCUT2D eigenvalue weighted by molar-refractivity contribution is -0.134. The van der Waals surface area contributed by atoms with E-state index < -0.39 is 0 Å². The molecule has 0 aliphatic rings. The van der Waals surface area contributed by atoms with Gasteiger partial charge in [0.1, 0.15) is 12.4 Å². The molecule has 2 aromatic carbocycles. The Bertz CT molecular complexity index is 618. The van der Waals surface area contributed by atoms with Gasteiger partial charge in [0.2, 0.25) is 0 Å². The van der Waals surface area contributed by atoms with Crippen molar-refractivity contribution in [3.8, 4) is 5.75 Å². The first kappa shape index (κ1) is 15.8. The summed E-state index contributed by atoms with van der Waals surface area (Å²) in [6.07, 6.45) is 4.92. The molecule has 0 fully saturated rings. The Morgan fingerprint density at radius 1 is 1.05 bits per heavy atom. The Balaban J connectivity index is 1.84. The fourth-order valence-electron chi connectivity index (χ4n) is 2.03. The summed E-state index contributed by atoms with van der Waals surface area (Å²) in [7, 11) is 1.38. The third-order valence-corrected chi connectivity index (χ3v) is 3.20. The highest BCUT2D eigenvalue weighted by molar-refractivity contribution is 5.81. The van der Waals surface area contributed by atoms with Crippen LogP contribution in [0.2, 0.25) is 0 Å². The SMILES string of the molecule is COC(=O)/C=C/CCc1cccc(OCc2ccccc2)c1. The number of ether oxygens (including phenoxy) is 2. The second-order valence-corrected chi connectivity index (χ2v) is 4.89. The van der Waals surface area contributed by atoms with Crippen LogP contribution in [0.5, 0.6) is 5.75 Å². The van der Waals surface area contributed by atoms with E-state index in [1.807, 2.05) is 54.6 Å². The Kier molecular flexibility index (Phi) is 6.24. The second-order valence-electron chi connectivity index (χ2n) is 4.89.